The molecule has 0 aliphatic carbocycles. The van der Waals surface area contributed by atoms with E-state index in [-0.39, 0.29) is 5.75 Å². The minimum atomic E-state index is 0.0853. The number of methoxy groups -OCH3 is 1. The number of rotatable bonds is 6. The van der Waals surface area contributed by atoms with Crippen LogP contribution >= 0.6 is 15.9 Å². The van der Waals surface area contributed by atoms with Crippen LogP contribution in [0.3, 0.4) is 0 Å². The molecule has 2 aromatic carbocycles. The predicted molar refractivity (Wildman–Crippen MR) is 91.2 cm³/mol. The minimum absolute atomic E-state index is 0.0853. The summed E-state index contributed by atoms with van der Waals surface area (Å²) in [5, 5.41) is 14.0. The molecule has 2 N–H and O–H groups in total. The first-order valence-electron chi connectivity index (χ1n) is 6.72. The molecule has 0 amide bonds. The largest absolute Gasteiger partial charge is 0.503 e. The maximum Gasteiger partial charge on any atom is 0.172 e. The average Bonchev–Trinajstić information content (AvgIpc) is 2.53. The van der Waals surface area contributed by atoms with Crippen molar-refractivity contribution in [1.82, 2.24) is 0 Å². The van der Waals surface area contributed by atoms with Gasteiger partial charge in [0.05, 0.1) is 30.1 Å². The van der Waals surface area contributed by atoms with E-state index in [0.717, 1.165) is 17.0 Å². The van der Waals surface area contributed by atoms with Crippen molar-refractivity contribution in [1.29, 1.82) is 0 Å². The number of ether oxygens (including phenoxy) is 2. The molecule has 0 aliphatic heterocycles. The Morgan fingerprint density at radius 2 is 2.00 bits per heavy atom. The topological polar surface area (TPSA) is 63.1 Å². The van der Waals surface area contributed by atoms with E-state index in [2.05, 4.69) is 26.5 Å². The quantitative estimate of drug-likeness (QED) is 0.600. The standard InChI is InChI=1S/C16H17BrN2O3/c1-3-22-15-9-11(8-14(17)16(15)20)10-18-19-12-4-6-13(21-2)7-5-12/h4-10,19-20H,3H2,1-2H3/b18-10+. The Bertz CT molecular complexity index is 657. The van der Waals surface area contributed by atoms with E-state index >= 15 is 0 Å². The third-order valence-electron chi connectivity index (χ3n) is 2.85. The van der Waals surface area contributed by atoms with Gasteiger partial charge in [-0.05, 0) is 64.8 Å². The Morgan fingerprint density at radius 1 is 1.27 bits per heavy atom. The summed E-state index contributed by atoms with van der Waals surface area (Å²) in [7, 11) is 1.62. The number of halogens is 1. The average molecular weight is 365 g/mol. The van der Waals surface area contributed by atoms with Crippen LogP contribution in [0.25, 0.3) is 0 Å². The Kier molecular flexibility index (Phi) is 5.66. The van der Waals surface area contributed by atoms with Crippen LogP contribution in [0, 0.1) is 0 Å². The second-order valence-corrected chi connectivity index (χ2v) is 5.24. The Morgan fingerprint density at radius 3 is 2.64 bits per heavy atom. The molecule has 0 aliphatic rings. The maximum atomic E-state index is 9.86. The third-order valence-corrected chi connectivity index (χ3v) is 3.45. The lowest BCUT2D eigenvalue weighted by atomic mass is 10.2. The van der Waals surface area contributed by atoms with Crippen LogP contribution in [0.1, 0.15) is 12.5 Å². The first kappa shape index (κ1) is 16.2. The summed E-state index contributed by atoms with van der Waals surface area (Å²) in [6.07, 6.45) is 1.65. The number of hydrogen-bond acceptors (Lipinski definition) is 5. The van der Waals surface area contributed by atoms with Gasteiger partial charge in [-0.1, -0.05) is 0 Å². The van der Waals surface area contributed by atoms with Crippen LogP contribution < -0.4 is 14.9 Å². The van der Waals surface area contributed by atoms with Crippen molar-refractivity contribution in [3.63, 3.8) is 0 Å². The summed E-state index contributed by atoms with van der Waals surface area (Å²) >= 11 is 3.29. The van der Waals surface area contributed by atoms with E-state index in [1.54, 1.807) is 25.5 Å². The number of anilines is 1. The SMILES string of the molecule is CCOc1cc(/C=N/Nc2ccc(OC)cc2)cc(Br)c1O. The highest BCUT2D eigenvalue weighted by Gasteiger charge is 2.08. The van der Waals surface area contributed by atoms with Crippen molar-refractivity contribution in [3.8, 4) is 17.2 Å². The van der Waals surface area contributed by atoms with Gasteiger partial charge in [0.2, 0.25) is 0 Å². The van der Waals surface area contributed by atoms with Gasteiger partial charge in [0.25, 0.3) is 0 Å². The Labute approximate surface area is 137 Å². The number of benzene rings is 2. The molecule has 0 saturated carbocycles. The molecule has 0 atom stereocenters. The summed E-state index contributed by atoms with van der Waals surface area (Å²) in [4.78, 5) is 0. The van der Waals surface area contributed by atoms with Crippen molar-refractivity contribution in [2.75, 3.05) is 19.1 Å². The Hall–Kier alpha value is -2.21. The molecule has 5 nitrogen and oxygen atoms in total. The molecular formula is C16H17BrN2O3. The summed E-state index contributed by atoms with van der Waals surface area (Å²) in [6.45, 7) is 2.34. The lowest BCUT2D eigenvalue weighted by molar-refractivity contribution is 0.317. The van der Waals surface area contributed by atoms with Crippen LogP contribution in [0.4, 0.5) is 5.69 Å². The van der Waals surface area contributed by atoms with Crippen molar-refractivity contribution >= 4 is 27.8 Å². The molecule has 22 heavy (non-hydrogen) atoms. The fourth-order valence-electron chi connectivity index (χ4n) is 1.78. The highest BCUT2D eigenvalue weighted by molar-refractivity contribution is 9.10. The number of hydrogen-bond donors (Lipinski definition) is 2. The van der Waals surface area contributed by atoms with Crippen LogP contribution in [-0.2, 0) is 0 Å². The van der Waals surface area contributed by atoms with Gasteiger partial charge in [0.15, 0.2) is 11.5 Å². The molecule has 0 saturated heterocycles. The van der Waals surface area contributed by atoms with Gasteiger partial charge >= 0.3 is 0 Å². The van der Waals surface area contributed by atoms with E-state index in [1.165, 1.54) is 0 Å². The monoisotopic (exact) mass is 364 g/mol. The van der Waals surface area contributed by atoms with Crippen molar-refractivity contribution in [2.45, 2.75) is 6.92 Å². The van der Waals surface area contributed by atoms with Gasteiger partial charge in [-0.25, -0.2) is 0 Å². The molecule has 2 rings (SSSR count). The maximum absolute atomic E-state index is 9.86. The highest BCUT2D eigenvalue weighted by atomic mass is 79.9. The van der Waals surface area contributed by atoms with Gasteiger partial charge in [-0.2, -0.15) is 5.10 Å². The van der Waals surface area contributed by atoms with Crippen molar-refractivity contribution in [3.05, 3.63) is 46.4 Å². The number of aromatic hydroxyl groups is 1. The van der Waals surface area contributed by atoms with Crippen LogP contribution in [0.5, 0.6) is 17.2 Å². The highest BCUT2D eigenvalue weighted by Crippen LogP contribution is 2.35. The zero-order chi connectivity index (χ0) is 15.9. The molecule has 116 valence electrons. The van der Waals surface area contributed by atoms with Crippen molar-refractivity contribution < 1.29 is 14.6 Å². The van der Waals surface area contributed by atoms with Gasteiger partial charge in [0, 0.05) is 0 Å². The normalized spacial score (nSPS) is 10.7. The summed E-state index contributed by atoms with van der Waals surface area (Å²) < 4.78 is 11.0. The molecule has 0 unspecified atom stereocenters. The summed E-state index contributed by atoms with van der Waals surface area (Å²) in [6, 6.07) is 10.9. The number of phenolic OH excluding ortho intramolecular Hbond substituents is 1. The second kappa shape index (κ2) is 7.70. The van der Waals surface area contributed by atoms with E-state index < -0.39 is 0 Å². The van der Waals surface area contributed by atoms with E-state index in [1.807, 2.05) is 31.2 Å². The zero-order valence-electron chi connectivity index (χ0n) is 12.3. The molecule has 2 aromatic rings. The summed E-state index contributed by atoms with van der Waals surface area (Å²) in [5.41, 5.74) is 4.57. The van der Waals surface area contributed by atoms with Gasteiger partial charge < -0.3 is 14.6 Å². The minimum Gasteiger partial charge on any atom is -0.503 e. The predicted octanol–water partition coefficient (Wildman–Crippen LogP) is 4.01. The lowest BCUT2D eigenvalue weighted by Crippen LogP contribution is -1.95. The van der Waals surface area contributed by atoms with Gasteiger partial charge in [-0.3, -0.25) is 5.43 Å². The first-order valence-corrected chi connectivity index (χ1v) is 7.51. The lowest BCUT2D eigenvalue weighted by Gasteiger charge is -2.08. The second-order valence-electron chi connectivity index (χ2n) is 4.38. The molecule has 0 radical (unpaired) electrons. The van der Waals surface area contributed by atoms with Gasteiger partial charge in [0.1, 0.15) is 5.75 Å². The van der Waals surface area contributed by atoms with Gasteiger partial charge in [-0.15, -0.1) is 0 Å². The van der Waals surface area contributed by atoms with E-state index in [0.29, 0.717) is 16.8 Å². The molecule has 0 fully saturated rings. The Balaban J connectivity index is 2.08. The van der Waals surface area contributed by atoms with E-state index in [9.17, 15) is 5.11 Å². The number of nitrogens with one attached hydrogen (secondary N) is 1. The van der Waals surface area contributed by atoms with Crippen LogP contribution in [0.15, 0.2) is 46.0 Å². The molecule has 0 spiro atoms. The third kappa shape index (κ3) is 4.14. The molecule has 0 aromatic heterocycles. The fraction of sp³-hybridized carbons (Fsp3) is 0.188. The summed E-state index contributed by atoms with van der Waals surface area (Å²) in [5.74, 6) is 1.29. The number of nitrogens with zero attached hydrogens (tertiary/aromatic N) is 1. The number of phenols is 1. The molecule has 0 bridgehead atoms. The number of hydrazone groups is 1. The van der Waals surface area contributed by atoms with Crippen molar-refractivity contribution in [2.24, 2.45) is 5.10 Å². The van der Waals surface area contributed by atoms with Crippen LogP contribution in [0.2, 0.25) is 0 Å². The molecule has 0 heterocycles. The smallest absolute Gasteiger partial charge is 0.172 e. The first-order chi connectivity index (χ1) is 10.6. The van der Waals surface area contributed by atoms with E-state index in [4.69, 9.17) is 9.47 Å². The molecular weight excluding hydrogens is 348 g/mol. The fourth-order valence-corrected chi connectivity index (χ4v) is 2.24. The molecule has 6 heteroatoms. The van der Waals surface area contributed by atoms with Crippen LogP contribution in [-0.4, -0.2) is 25.0 Å². The zero-order valence-corrected chi connectivity index (χ0v) is 13.9.